The molecule has 1 aliphatic heterocycles. The lowest BCUT2D eigenvalue weighted by molar-refractivity contribution is 0.197. The fraction of sp³-hybridized carbons (Fsp3) is 0.286. The Labute approximate surface area is 158 Å². The number of phenolic OH excluding ortho intramolecular Hbond substituents is 1. The lowest BCUT2D eigenvalue weighted by Crippen LogP contribution is -2.36. The molecule has 3 aromatic rings. The molecule has 2 heterocycles. The fourth-order valence-electron chi connectivity index (χ4n) is 3.78. The third kappa shape index (κ3) is 3.36. The number of ether oxygens (including phenoxy) is 2. The summed E-state index contributed by atoms with van der Waals surface area (Å²) in [7, 11) is 3.35. The maximum absolute atomic E-state index is 9.99. The topological polar surface area (TPSA) is 70.6 Å². The summed E-state index contributed by atoms with van der Waals surface area (Å²) in [6.45, 7) is 1.56. The van der Waals surface area contributed by atoms with Gasteiger partial charge in [-0.05, 0) is 35.9 Å². The highest BCUT2D eigenvalue weighted by Gasteiger charge is 2.31. The molecule has 140 valence electrons. The Hall–Kier alpha value is -2.99. The molecule has 0 spiro atoms. The molecule has 1 aliphatic rings. The molecule has 27 heavy (non-hydrogen) atoms. The molecular weight excluding hydrogens is 342 g/mol. The Balaban J connectivity index is 1.73. The maximum Gasteiger partial charge on any atom is 0.123 e. The lowest BCUT2D eigenvalue weighted by Gasteiger charge is -2.35. The van der Waals surface area contributed by atoms with Crippen molar-refractivity contribution in [1.29, 1.82) is 0 Å². The molecule has 0 bridgehead atoms. The number of hydrogen-bond acceptors (Lipinski definition) is 5. The summed E-state index contributed by atoms with van der Waals surface area (Å²) in [5.41, 5.74) is 4.23. The molecule has 0 saturated carbocycles. The second kappa shape index (κ2) is 7.32. The normalized spacial score (nSPS) is 16.7. The molecule has 6 nitrogen and oxygen atoms in total. The van der Waals surface area contributed by atoms with Gasteiger partial charge in [-0.1, -0.05) is 12.1 Å². The van der Waals surface area contributed by atoms with E-state index in [1.165, 1.54) is 0 Å². The number of aromatic amines is 1. The summed E-state index contributed by atoms with van der Waals surface area (Å²) in [6.07, 6.45) is 2.65. The van der Waals surface area contributed by atoms with E-state index in [1.807, 2.05) is 36.4 Å². The van der Waals surface area contributed by atoms with Crippen LogP contribution in [0.15, 0.2) is 48.8 Å². The first-order valence-electron chi connectivity index (χ1n) is 8.95. The number of phenols is 1. The van der Waals surface area contributed by atoms with Crippen molar-refractivity contribution in [3.05, 3.63) is 71.3 Å². The van der Waals surface area contributed by atoms with Gasteiger partial charge in [-0.25, -0.2) is 4.98 Å². The van der Waals surface area contributed by atoms with Crippen molar-refractivity contribution >= 4 is 0 Å². The third-order valence-electron chi connectivity index (χ3n) is 5.07. The minimum Gasteiger partial charge on any atom is -0.508 e. The molecule has 1 atom stereocenters. The zero-order chi connectivity index (χ0) is 18.8. The van der Waals surface area contributed by atoms with Crippen molar-refractivity contribution < 1.29 is 14.6 Å². The SMILES string of the molecule is COc1ccc(OC)c(CN2CCc3[nH]cnc3[C@@H]2c2cccc(O)c2)c1. The summed E-state index contributed by atoms with van der Waals surface area (Å²) in [4.78, 5) is 10.2. The summed E-state index contributed by atoms with van der Waals surface area (Å²) in [5, 5.41) is 9.99. The van der Waals surface area contributed by atoms with Crippen molar-refractivity contribution in [2.24, 2.45) is 0 Å². The van der Waals surface area contributed by atoms with Crippen LogP contribution in [0.5, 0.6) is 17.2 Å². The van der Waals surface area contributed by atoms with E-state index in [1.54, 1.807) is 26.6 Å². The number of nitrogens with zero attached hydrogens (tertiary/aromatic N) is 2. The smallest absolute Gasteiger partial charge is 0.123 e. The molecule has 0 unspecified atom stereocenters. The Morgan fingerprint density at radius 3 is 2.85 bits per heavy atom. The van der Waals surface area contributed by atoms with Crippen molar-refractivity contribution in [3.8, 4) is 17.2 Å². The predicted molar refractivity (Wildman–Crippen MR) is 102 cm³/mol. The number of methoxy groups -OCH3 is 2. The Morgan fingerprint density at radius 1 is 1.19 bits per heavy atom. The Morgan fingerprint density at radius 2 is 2.07 bits per heavy atom. The van der Waals surface area contributed by atoms with Gasteiger partial charge in [0, 0.05) is 30.8 Å². The third-order valence-corrected chi connectivity index (χ3v) is 5.07. The molecule has 0 radical (unpaired) electrons. The number of rotatable bonds is 5. The summed E-state index contributed by atoms with van der Waals surface area (Å²) in [6, 6.07) is 13.2. The second-order valence-corrected chi connectivity index (χ2v) is 6.66. The second-order valence-electron chi connectivity index (χ2n) is 6.66. The number of benzene rings is 2. The van der Waals surface area contributed by atoms with E-state index in [4.69, 9.17) is 9.47 Å². The first-order chi connectivity index (χ1) is 13.2. The molecule has 1 aromatic heterocycles. The molecule has 4 rings (SSSR count). The molecule has 2 N–H and O–H groups in total. The van der Waals surface area contributed by atoms with Crippen LogP contribution >= 0.6 is 0 Å². The molecule has 0 saturated heterocycles. The van der Waals surface area contributed by atoms with Crippen LogP contribution < -0.4 is 9.47 Å². The van der Waals surface area contributed by atoms with Crippen LogP contribution in [0.25, 0.3) is 0 Å². The van der Waals surface area contributed by atoms with Crippen LogP contribution in [0, 0.1) is 0 Å². The van der Waals surface area contributed by atoms with Crippen LogP contribution in [0.2, 0.25) is 0 Å². The van der Waals surface area contributed by atoms with Crippen molar-refractivity contribution in [2.75, 3.05) is 20.8 Å². The van der Waals surface area contributed by atoms with Gasteiger partial charge >= 0.3 is 0 Å². The Kier molecular flexibility index (Phi) is 4.73. The number of H-pyrrole nitrogens is 1. The largest absolute Gasteiger partial charge is 0.508 e. The molecule has 0 fully saturated rings. The average molecular weight is 365 g/mol. The summed E-state index contributed by atoms with van der Waals surface area (Å²) in [5.74, 6) is 1.89. The first kappa shape index (κ1) is 17.4. The first-order valence-corrected chi connectivity index (χ1v) is 8.95. The van der Waals surface area contributed by atoms with Crippen LogP contribution in [-0.4, -0.2) is 40.7 Å². The van der Waals surface area contributed by atoms with Crippen molar-refractivity contribution in [2.45, 2.75) is 19.0 Å². The van der Waals surface area contributed by atoms with E-state index < -0.39 is 0 Å². The van der Waals surface area contributed by atoms with Gasteiger partial charge in [0.25, 0.3) is 0 Å². The minimum atomic E-state index is -0.0389. The number of imidazole rings is 1. The fourth-order valence-corrected chi connectivity index (χ4v) is 3.78. The highest BCUT2D eigenvalue weighted by Crippen LogP contribution is 2.37. The maximum atomic E-state index is 9.99. The van der Waals surface area contributed by atoms with Crippen molar-refractivity contribution in [1.82, 2.24) is 14.9 Å². The van der Waals surface area contributed by atoms with Crippen molar-refractivity contribution in [3.63, 3.8) is 0 Å². The molecule has 2 aromatic carbocycles. The number of aromatic hydroxyl groups is 1. The van der Waals surface area contributed by atoms with E-state index in [2.05, 4.69) is 14.9 Å². The summed E-state index contributed by atoms with van der Waals surface area (Å²) >= 11 is 0. The van der Waals surface area contributed by atoms with Gasteiger partial charge in [-0.2, -0.15) is 0 Å². The van der Waals surface area contributed by atoms with Gasteiger partial charge in [0.1, 0.15) is 17.2 Å². The predicted octanol–water partition coefficient (Wildman–Crippen LogP) is 3.28. The van der Waals surface area contributed by atoms with E-state index in [0.717, 1.165) is 47.0 Å². The highest BCUT2D eigenvalue weighted by atomic mass is 16.5. The zero-order valence-corrected chi connectivity index (χ0v) is 15.5. The number of nitrogens with one attached hydrogen (secondary N) is 1. The molecule has 0 amide bonds. The number of fused-ring (bicyclic) bond motifs is 1. The number of hydrogen-bond donors (Lipinski definition) is 2. The van der Waals surface area contributed by atoms with E-state index in [0.29, 0.717) is 6.54 Å². The van der Waals surface area contributed by atoms with E-state index in [9.17, 15) is 5.11 Å². The van der Waals surface area contributed by atoms with E-state index in [-0.39, 0.29) is 11.8 Å². The highest BCUT2D eigenvalue weighted by molar-refractivity contribution is 5.42. The van der Waals surface area contributed by atoms with Gasteiger partial charge in [0.05, 0.1) is 32.3 Å². The van der Waals surface area contributed by atoms with Gasteiger partial charge in [-0.3, -0.25) is 4.90 Å². The van der Waals surface area contributed by atoms with Gasteiger partial charge in [0.15, 0.2) is 0 Å². The van der Waals surface area contributed by atoms with Crippen LogP contribution in [0.1, 0.15) is 28.6 Å². The summed E-state index contributed by atoms with van der Waals surface area (Å²) < 4.78 is 10.9. The van der Waals surface area contributed by atoms with Crippen LogP contribution in [0.3, 0.4) is 0 Å². The van der Waals surface area contributed by atoms with E-state index >= 15 is 0 Å². The van der Waals surface area contributed by atoms with Gasteiger partial charge in [0.2, 0.25) is 0 Å². The molecular formula is C21H23N3O3. The Bertz CT molecular complexity index is 938. The monoisotopic (exact) mass is 365 g/mol. The number of aromatic nitrogens is 2. The quantitative estimate of drug-likeness (QED) is 0.726. The van der Waals surface area contributed by atoms with Gasteiger partial charge < -0.3 is 19.6 Å². The molecule has 6 heteroatoms. The average Bonchev–Trinajstić information content (AvgIpc) is 3.16. The zero-order valence-electron chi connectivity index (χ0n) is 15.5. The molecule has 0 aliphatic carbocycles. The van der Waals surface area contributed by atoms with Crippen LogP contribution in [-0.2, 0) is 13.0 Å². The lowest BCUT2D eigenvalue weighted by atomic mass is 9.94. The van der Waals surface area contributed by atoms with Gasteiger partial charge in [-0.15, -0.1) is 0 Å². The van der Waals surface area contributed by atoms with Crippen LogP contribution in [0.4, 0.5) is 0 Å². The standard InChI is InChI=1S/C21H23N3O3/c1-26-17-6-7-19(27-2)15(11-17)12-24-9-8-18-20(23-13-22-18)21(24)14-4-3-5-16(25)10-14/h3-7,10-11,13,21,25H,8-9,12H2,1-2H3,(H,22,23)/t21-/m0/s1. The minimum absolute atomic E-state index is 0.0389.